The van der Waals surface area contributed by atoms with Crippen molar-refractivity contribution < 1.29 is 10.0 Å². The van der Waals surface area contributed by atoms with E-state index in [2.05, 4.69) is 10.1 Å². The van der Waals surface area contributed by atoms with Gasteiger partial charge in [-0.3, -0.25) is 9.78 Å². The van der Waals surface area contributed by atoms with Gasteiger partial charge in [-0.15, -0.1) is 0 Å². The number of nitrogens with zero attached hydrogens (tertiary/aromatic N) is 3. The minimum atomic E-state index is 0.0286. The number of pyridine rings is 1. The van der Waals surface area contributed by atoms with Gasteiger partial charge in [0.15, 0.2) is 0 Å². The first-order valence-corrected chi connectivity index (χ1v) is 6.58. The lowest BCUT2D eigenvalue weighted by Gasteiger charge is -2.32. The van der Waals surface area contributed by atoms with Crippen molar-refractivity contribution in [1.29, 1.82) is 0 Å². The van der Waals surface area contributed by atoms with E-state index in [4.69, 9.17) is 5.21 Å². The molecule has 0 radical (unpaired) electrons. The number of carbonyl (C=O) groups excluding carboxylic acids is 1. The van der Waals surface area contributed by atoms with Crippen LogP contribution in [0.15, 0.2) is 23.5 Å². The maximum absolute atomic E-state index is 12.4. The van der Waals surface area contributed by atoms with Gasteiger partial charge in [0.25, 0.3) is 5.91 Å². The molecule has 0 saturated carbocycles. The molecule has 1 aromatic rings. The molecule has 0 spiro atoms. The smallest absolute Gasteiger partial charge is 0.254 e. The summed E-state index contributed by atoms with van der Waals surface area (Å²) in [5, 5.41) is 12.3. The molecule has 5 nitrogen and oxygen atoms in total. The van der Waals surface area contributed by atoms with Crippen molar-refractivity contribution in [2.45, 2.75) is 26.7 Å². The second-order valence-electron chi connectivity index (χ2n) is 4.88. The molecule has 1 aliphatic heterocycles. The number of aryl methyl sites for hydroxylation is 1. The lowest BCUT2D eigenvalue weighted by molar-refractivity contribution is 0.0728. The third kappa shape index (κ3) is 2.92. The van der Waals surface area contributed by atoms with Gasteiger partial charge in [-0.05, 0) is 25.5 Å². The molecule has 102 valence electrons. The fourth-order valence-corrected chi connectivity index (χ4v) is 2.46. The van der Waals surface area contributed by atoms with E-state index < -0.39 is 0 Å². The highest BCUT2D eigenvalue weighted by molar-refractivity contribution is 5.96. The number of amides is 1. The first kappa shape index (κ1) is 13.5. The Kier molecular flexibility index (Phi) is 4.14. The van der Waals surface area contributed by atoms with Crippen LogP contribution in [-0.2, 0) is 0 Å². The van der Waals surface area contributed by atoms with Crippen LogP contribution in [0.3, 0.4) is 0 Å². The summed E-state index contributed by atoms with van der Waals surface area (Å²) in [6.45, 7) is 5.14. The molecular formula is C14H19N3O2. The molecule has 1 unspecified atom stereocenters. The largest absolute Gasteiger partial charge is 0.411 e. The Morgan fingerprint density at radius 1 is 1.63 bits per heavy atom. The molecule has 2 heterocycles. The molecular weight excluding hydrogens is 242 g/mol. The van der Waals surface area contributed by atoms with E-state index in [-0.39, 0.29) is 11.8 Å². The summed E-state index contributed by atoms with van der Waals surface area (Å²) in [6.07, 6.45) is 3.17. The molecule has 1 aliphatic rings. The second kappa shape index (κ2) is 5.82. The van der Waals surface area contributed by atoms with Gasteiger partial charge >= 0.3 is 0 Å². The van der Waals surface area contributed by atoms with Gasteiger partial charge in [-0.25, -0.2) is 0 Å². The Morgan fingerprint density at radius 3 is 3.05 bits per heavy atom. The maximum Gasteiger partial charge on any atom is 0.254 e. The lowest BCUT2D eigenvalue weighted by atomic mass is 9.93. The second-order valence-corrected chi connectivity index (χ2v) is 4.88. The van der Waals surface area contributed by atoms with Crippen molar-refractivity contribution in [2.75, 3.05) is 13.1 Å². The zero-order chi connectivity index (χ0) is 13.8. The van der Waals surface area contributed by atoms with Crippen molar-refractivity contribution in [3.05, 3.63) is 29.6 Å². The minimum Gasteiger partial charge on any atom is -0.411 e. The number of oxime groups is 1. The van der Waals surface area contributed by atoms with Gasteiger partial charge in [0.05, 0.1) is 5.71 Å². The van der Waals surface area contributed by atoms with Gasteiger partial charge in [0.1, 0.15) is 0 Å². The van der Waals surface area contributed by atoms with Crippen molar-refractivity contribution in [3.63, 3.8) is 0 Å². The van der Waals surface area contributed by atoms with E-state index in [9.17, 15) is 4.79 Å². The normalized spacial score (nSPS) is 21.7. The van der Waals surface area contributed by atoms with Gasteiger partial charge in [0.2, 0.25) is 0 Å². The highest BCUT2D eigenvalue weighted by Gasteiger charge is 2.28. The first-order chi connectivity index (χ1) is 9.15. The van der Waals surface area contributed by atoms with Crippen molar-refractivity contribution in [2.24, 2.45) is 11.1 Å². The molecule has 0 bridgehead atoms. The minimum absolute atomic E-state index is 0.0286. The van der Waals surface area contributed by atoms with Crippen LogP contribution in [0.1, 0.15) is 35.8 Å². The topological polar surface area (TPSA) is 65.8 Å². The average molecular weight is 261 g/mol. The van der Waals surface area contributed by atoms with Crippen LogP contribution in [0.2, 0.25) is 0 Å². The molecule has 0 aromatic carbocycles. The molecule has 1 N–H and O–H groups in total. The monoisotopic (exact) mass is 261 g/mol. The van der Waals surface area contributed by atoms with Crippen LogP contribution in [0, 0.1) is 12.8 Å². The van der Waals surface area contributed by atoms with Crippen LogP contribution in [0.4, 0.5) is 0 Å². The molecule has 1 aromatic heterocycles. The molecule has 1 atom stereocenters. The maximum atomic E-state index is 12.4. The van der Waals surface area contributed by atoms with E-state index >= 15 is 0 Å². The third-order valence-corrected chi connectivity index (χ3v) is 3.60. The zero-order valence-electron chi connectivity index (χ0n) is 11.3. The number of hydrogen-bond donors (Lipinski definition) is 1. The van der Waals surface area contributed by atoms with E-state index in [1.807, 2.05) is 18.7 Å². The quantitative estimate of drug-likeness (QED) is 0.655. The summed E-state index contributed by atoms with van der Waals surface area (Å²) in [5.41, 5.74) is 2.32. The third-order valence-electron chi connectivity index (χ3n) is 3.60. The van der Waals surface area contributed by atoms with Gasteiger partial charge in [-0.1, -0.05) is 12.1 Å². The van der Waals surface area contributed by atoms with Crippen LogP contribution >= 0.6 is 0 Å². The lowest BCUT2D eigenvalue weighted by Crippen LogP contribution is -2.44. The number of aromatic nitrogens is 1. The van der Waals surface area contributed by atoms with E-state index in [0.717, 1.165) is 17.8 Å². The standard InChI is InChI=1S/C14H19N3O2/c1-3-11-9-17(7-5-13(11)16-19)14(18)12-4-6-15-10(2)8-12/h4,6,8,11,19H,3,5,7,9H2,1-2H3/b16-13+. The summed E-state index contributed by atoms with van der Waals surface area (Å²) in [4.78, 5) is 18.3. The summed E-state index contributed by atoms with van der Waals surface area (Å²) in [7, 11) is 0. The molecule has 2 rings (SSSR count). The van der Waals surface area contributed by atoms with Crippen molar-refractivity contribution >= 4 is 11.6 Å². The highest BCUT2D eigenvalue weighted by atomic mass is 16.4. The summed E-state index contributed by atoms with van der Waals surface area (Å²) in [6, 6.07) is 3.55. The molecule has 0 aliphatic carbocycles. The number of likely N-dealkylation sites (tertiary alicyclic amines) is 1. The summed E-state index contributed by atoms with van der Waals surface area (Å²) in [5.74, 6) is 0.187. The molecule has 1 saturated heterocycles. The SMILES string of the molecule is CCC1CN(C(=O)c2ccnc(C)c2)CC/C1=N\O. The van der Waals surface area contributed by atoms with Gasteiger partial charge < -0.3 is 10.1 Å². The number of rotatable bonds is 2. The first-order valence-electron chi connectivity index (χ1n) is 6.58. The van der Waals surface area contributed by atoms with Crippen LogP contribution in [0.25, 0.3) is 0 Å². The highest BCUT2D eigenvalue weighted by Crippen LogP contribution is 2.19. The Labute approximate surface area is 112 Å². The average Bonchev–Trinajstić information content (AvgIpc) is 2.45. The van der Waals surface area contributed by atoms with Gasteiger partial charge in [-0.2, -0.15) is 0 Å². The Bertz CT molecular complexity index is 499. The summed E-state index contributed by atoms with van der Waals surface area (Å²) < 4.78 is 0. The molecule has 1 amide bonds. The Balaban J connectivity index is 2.13. The number of piperidine rings is 1. The van der Waals surface area contributed by atoms with Crippen LogP contribution in [0.5, 0.6) is 0 Å². The summed E-state index contributed by atoms with van der Waals surface area (Å²) >= 11 is 0. The van der Waals surface area contributed by atoms with Crippen molar-refractivity contribution in [3.8, 4) is 0 Å². The fourth-order valence-electron chi connectivity index (χ4n) is 2.46. The molecule has 5 heteroatoms. The zero-order valence-corrected chi connectivity index (χ0v) is 11.3. The van der Waals surface area contributed by atoms with Crippen molar-refractivity contribution in [1.82, 2.24) is 9.88 Å². The Hall–Kier alpha value is -1.91. The molecule has 19 heavy (non-hydrogen) atoms. The van der Waals surface area contributed by atoms with E-state index in [0.29, 0.717) is 25.1 Å². The predicted molar refractivity (Wildman–Crippen MR) is 72.5 cm³/mol. The van der Waals surface area contributed by atoms with Crippen LogP contribution < -0.4 is 0 Å². The molecule has 1 fully saturated rings. The predicted octanol–water partition coefficient (Wildman–Crippen LogP) is 2.09. The number of carbonyl (C=O) groups is 1. The van der Waals surface area contributed by atoms with Gasteiger partial charge in [0, 0.05) is 42.9 Å². The Morgan fingerprint density at radius 2 is 2.42 bits per heavy atom. The van der Waals surface area contributed by atoms with E-state index in [1.54, 1.807) is 18.3 Å². The van der Waals surface area contributed by atoms with Crippen LogP contribution in [-0.4, -0.2) is 39.8 Å². The fraction of sp³-hybridized carbons (Fsp3) is 0.500. The number of hydrogen-bond acceptors (Lipinski definition) is 4. The van der Waals surface area contributed by atoms with E-state index in [1.165, 1.54) is 0 Å².